The second kappa shape index (κ2) is 8.32. The maximum absolute atomic E-state index is 12.2. The number of ether oxygens (including phenoxy) is 1. The Labute approximate surface area is 149 Å². The van der Waals surface area contributed by atoms with Gasteiger partial charge in [0.1, 0.15) is 17.4 Å². The van der Waals surface area contributed by atoms with Crippen LogP contribution in [0.2, 0.25) is 0 Å². The first-order valence-electron chi connectivity index (χ1n) is 7.33. The van der Waals surface area contributed by atoms with E-state index in [1.165, 1.54) is 0 Å². The maximum atomic E-state index is 12.2. The molecule has 0 radical (unpaired) electrons. The Morgan fingerprint density at radius 1 is 1.33 bits per heavy atom. The van der Waals surface area contributed by atoms with Crippen LogP contribution in [0.15, 0.2) is 52.5 Å². The van der Waals surface area contributed by atoms with Gasteiger partial charge in [-0.05, 0) is 36.3 Å². The molecule has 1 amide bonds. The van der Waals surface area contributed by atoms with E-state index >= 15 is 0 Å². The molecule has 2 aromatic rings. The van der Waals surface area contributed by atoms with Gasteiger partial charge in [0, 0.05) is 16.6 Å². The average Bonchev–Trinajstić information content (AvgIpc) is 2.61. The molecule has 0 heterocycles. The summed E-state index contributed by atoms with van der Waals surface area (Å²) in [7, 11) is 1.58. The summed E-state index contributed by atoms with van der Waals surface area (Å²) in [6.07, 6.45) is 1.55. The first-order chi connectivity index (χ1) is 11.5. The molecule has 0 aliphatic rings. The van der Waals surface area contributed by atoms with Crippen molar-refractivity contribution in [1.82, 2.24) is 5.32 Å². The average molecular weight is 385 g/mol. The lowest BCUT2D eigenvalue weighted by Gasteiger charge is -2.09. The van der Waals surface area contributed by atoms with Gasteiger partial charge in [-0.1, -0.05) is 46.3 Å². The molecular formula is C19H17BrN2O2. The molecule has 1 N–H and O–H groups in total. The molecule has 0 saturated carbocycles. The molecule has 5 heteroatoms. The summed E-state index contributed by atoms with van der Waals surface area (Å²) in [4.78, 5) is 12.2. The predicted octanol–water partition coefficient (Wildman–Crippen LogP) is 3.99. The van der Waals surface area contributed by atoms with Crippen LogP contribution < -0.4 is 10.1 Å². The van der Waals surface area contributed by atoms with Crippen molar-refractivity contribution in [2.45, 2.75) is 13.5 Å². The van der Waals surface area contributed by atoms with E-state index in [0.29, 0.717) is 12.3 Å². The van der Waals surface area contributed by atoms with Crippen LogP contribution in [-0.4, -0.2) is 13.0 Å². The number of methoxy groups -OCH3 is 1. The van der Waals surface area contributed by atoms with E-state index in [2.05, 4.69) is 21.2 Å². The van der Waals surface area contributed by atoms with E-state index in [-0.39, 0.29) is 5.57 Å². The third kappa shape index (κ3) is 4.46. The molecule has 122 valence electrons. The van der Waals surface area contributed by atoms with Crippen molar-refractivity contribution >= 4 is 27.9 Å². The van der Waals surface area contributed by atoms with Crippen molar-refractivity contribution in [1.29, 1.82) is 5.26 Å². The molecule has 2 aromatic carbocycles. The number of nitrogens with zero attached hydrogens (tertiary/aromatic N) is 1. The number of benzene rings is 2. The van der Waals surface area contributed by atoms with Gasteiger partial charge >= 0.3 is 0 Å². The Morgan fingerprint density at radius 2 is 2.04 bits per heavy atom. The largest absolute Gasteiger partial charge is 0.496 e. The number of nitriles is 1. The van der Waals surface area contributed by atoms with Gasteiger partial charge in [-0.25, -0.2) is 0 Å². The summed E-state index contributed by atoms with van der Waals surface area (Å²) < 4.78 is 6.16. The van der Waals surface area contributed by atoms with Crippen LogP contribution in [0.5, 0.6) is 5.75 Å². The Bertz CT molecular complexity index is 808. The Morgan fingerprint density at radius 3 is 2.67 bits per heavy atom. The normalized spacial score (nSPS) is 10.8. The van der Waals surface area contributed by atoms with Gasteiger partial charge < -0.3 is 10.1 Å². The van der Waals surface area contributed by atoms with Crippen LogP contribution in [0, 0.1) is 18.3 Å². The molecule has 0 aromatic heterocycles. The topological polar surface area (TPSA) is 62.1 Å². The van der Waals surface area contributed by atoms with Crippen LogP contribution in [0.25, 0.3) is 6.08 Å². The van der Waals surface area contributed by atoms with Crippen LogP contribution in [0.4, 0.5) is 0 Å². The van der Waals surface area contributed by atoms with E-state index in [0.717, 1.165) is 21.2 Å². The summed E-state index contributed by atoms with van der Waals surface area (Å²) in [6, 6.07) is 15.1. The van der Waals surface area contributed by atoms with Gasteiger partial charge in [-0.15, -0.1) is 0 Å². The van der Waals surface area contributed by atoms with E-state index in [1.54, 1.807) is 19.3 Å². The summed E-state index contributed by atoms with van der Waals surface area (Å²) >= 11 is 3.46. The Balaban J connectivity index is 2.18. The van der Waals surface area contributed by atoms with Gasteiger partial charge in [0.15, 0.2) is 0 Å². The van der Waals surface area contributed by atoms with Gasteiger partial charge in [0.25, 0.3) is 5.91 Å². The molecule has 2 rings (SSSR count). The van der Waals surface area contributed by atoms with E-state index in [1.807, 2.05) is 49.4 Å². The standard InChI is InChI=1S/C19H17BrN2O2/c1-13-17(20)9-15(10-18(13)24-2)8-16(11-21)19(23)22-12-14-6-4-3-5-7-14/h3-10H,12H2,1-2H3,(H,22,23)/b16-8+. The summed E-state index contributed by atoms with van der Waals surface area (Å²) in [6.45, 7) is 2.30. The minimum absolute atomic E-state index is 0.0451. The number of carbonyl (C=O) groups excluding carboxylic acids is 1. The number of hydrogen-bond donors (Lipinski definition) is 1. The highest BCUT2D eigenvalue weighted by molar-refractivity contribution is 9.10. The number of nitrogens with one attached hydrogen (secondary N) is 1. The number of rotatable bonds is 5. The third-order valence-corrected chi connectivity index (χ3v) is 4.33. The van der Waals surface area contributed by atoms with Gasteiger partial charge in [-0.3, -0.25) is 4.79 Å². The highest BCUT2D eigenvalue weighted by Crippen LogP contribution is 2.28. The van der Waals surface area contributed by atoms with Crippen molar-refractivity contribution in [3.63, 3.8) is 0 Å². The van der Waals surface area contributed by atoms with E-state index < -0.39 is 5.91 Å². The van der Waals surface area contributed by atoms with Crippen LogP contribution in [-0.2, 0) is 11.3 Å². The van der Waals surface area contributed by atoms with Crippen molar-refractivity contribution in [3.05, 3.63) is 69.2 Å². The van der Waals surface area contributed by atoms with Crippen molar-refractivity contribution < 1.29 is 9.53 Å². The zero-order valence-corrected chi connectivity index (χ0v) is 15.1. The molecule has 0 spiro atoms. The summed E-state index contributed by atoms with van der Waals surface area (Å²) in [5, 5.41) is 12.0. The first kappa shape index (κ1) is 17.8. The maximum Gasteiger partial charge on any atom is 0.262 e. The first-order valence-corrected chi connectivity index (χ1v) is 8.12. The summed E-state index contributed by atoms with van der Waals surface area (Å²) in [5.41, 5.74) is 2.70. The molecule has 0 atom stereocenters. The monoisotopic (exact) mass is 384 g/mol. The lowest BCUT2D eigenvalue weighted by molar-refractivity contribution is -0.117. The minimum Gasteiger partial charge on any atom is -0.496 e. The zero-order valence-electron chi connectivity index (χ0n) is 13.5. The Hall–Kier alpha value is -2.58. The van der Waals surface area contributed by atoms with Crippen molar-refractivity contribution in [2.75, 3.05) is 7.11 Å². The molecule has 0 bridgehead atoms. The third-order valence-electron chi connectivity index (χ3n) is 3.51. The van der Waals surface area contributed by atoms with Gasteiger partial charge in [0.05, 0.1) is 7.11 Å². The number of halogens is 1. The smallest absolute Gasteiger partial charge is 0.262 e. The highest BCUT2D eigenvalue weighted by atomic mass is 79.9. The fourth-order valence-electron chi connectivity index (χ4n) is 2.16. The molecule has 0 aliphatic heterocycles. The molecular weight excluding hydrogens is 368 g/mol. The van der Waals surface area contributed by atoms with E-state index in [4.69, 9.17) is 4.74 Å². The lowest BCUT2D eigenvalue weighted by atomic mass is 10.1. The lowest BCUT2D eigenvalue weighted by Crippen LogP contribution is -2.23. The fraction of sp³-hybridized carbons (Fsp3) is 0.158. The Kier molecular flexibility index (Phi) is 6.16. The van der Waals surface area contributed by atoms with Crippen LogP contribution in [0.1, 0.15) is 16.7 Å². The summed E-state index contributed by atoms with van der Waals surface area (Å²) in [5.74, 6) is 0.287. The second-order valence-electron chi connectivity index (χ2n) is 5.17. The quantitative estimate of drug-likeness (QED) is 0.626. The highest BCUT2D eigenvalue weighted by Gasteiger charge is 2.11. The van der Waals surface area contributed by atoms with Crippen LogP contribution in [0.3, 0.4) is 0 Å². The SMILES string of the molecule is COc1cc(/C=C(\C#N)C(=O)NCc2ccccc2)cc(Br)c1C. The number of carbonyl (C=O) groups is 1. The predicted molar refractivity (Wildman–Crippen MR) is 97.3 cm³/mol. The van der Waals surface area contributed by atoms with Gasteiger partial charge in [0.2, 0.25) is 0 Å². The molecule has 24 heavy (non-hydrogen) atoms. The number of amides is 1. The number of hydrogen-bond acceptors (Lipinski definition) is 3. The zero-order chi connectivity index (χ0) is 17.5. The molecule has 4 nitrogen and oxygen atoms in total. The second-order valence-corrected chi connectivity index (χ2v) is 6.02. The van der Waals surface area contributed by atoms with Crippen LogP contribution >= 0.6 is 15.9 Å². The molecule has 0 aliphatic carbocycles. The molecule has 0 saturated heterocycles. The van der Waals surface area contributed by atoms with Gasteiger partial charge in [-0.2, -0.15) is 5.26 Å². The fourth-order valence-corrected chi connectivity index (χ4v) is 2.62. The molecule has 0 fully saturated rings. The molecule has 0 unspecified atom stereocenters. The van der Waals surface area contributed by atoms with Crippen molar-refractivity contribution in [3.8, 4) is 11.8 Å². The minimum atomic E-state index is -0.406. The van der Waals surface area contributed by atoms with E-state index in [9.17, 15) is 10.1 Å². The van der Waals surface area contributed by atoms with Crippen molar-refractivity contribution in [2.24, 2.45) is 0 Å².